The lowest BCUT2D eigenvalue weighted by atomic mass is 9.97. The predicted octanol–water partition coefficient (Wildman–Crippen LogP) is 8.25. The highest BCUT2D eigenvalue weighted by molar-refractivity contribution is 9.10. The summed E-state index contributed by atoms with van der Waals surface area (Å²) in [5.74, 6) is 0. The van der Waals surface area contributed by atoms with Gasteiger partial charge in [0.2, 0.25) is 0 Å². The molecule has 0 aliphatic carbocycles. The fourth-order valence-corrected chi connectivity index (χ4v) is 4.66. The molecule has 0 aliphatic heterocycles. The number of benzene rings is 4. The molecule has 4 aromatic carbocycles. The van der Waals surface area contributed by atoms with Gasteiger partial charge >= 0.3 is 0 Å². The van der Waals surface area contributed by atoms with Crippen molar-refractivity contribution in [1.29, 1.82) is 0 Å². The van der Waals surface area contributed by atoms with Gasteiger partial charge in [-0.1, -0.05) is 113 Å². The molecule has 0 saturated heterocycles. The molecule has 0 N–H and O–H groups in total. The van der Waals surface area contributed by atoms with Gasteiger partial charge in [0.1, 0.15) is 5.69 Å². The van der Waals surface area contributed by atoms with E-state index >= 15 is 0 Å². The molecule has 0 unspecified atom stereocenters. The van der Waals surface area contributed by atoms with Gasteiger partial charge in [0.05, 0.1) is 11.2 Å². The molecule has 2 nitrogen and oxygen atoms in total. The van der Waals surface area contributed by atoms with Gasteiger partial charge < -0.3 is 0 Å². The summed E-state index contributed by atoms with van der Waals surface area (Å²) in [6, 6.07) is 40.3. The topological polar surface area (TPSA) is 17.3 Å². The molecule has 6 rings (SSSR count). The Hall–Kier alpha value is -3.69. The lowest BCUT2D eigenvalue weighted by Crippen LogP contribution is -1.95. The van der Waals surface area contributed by atoms with E-state index in [1.165, 1.54) is 16.3 Å². The van der Waals surface area contributed by atoms with Gasteiger partial charge in [-0.05, 0) is 29.1 Å². The molecule has 0 aliphatic rings. The first-order valence-electron chi connectivity index (χ1n) is 10.6. The summed E-state index contributed by atoms with van der Waals surface area (Å²) in [4.78, 5) is 0. The van der Waals surface area contributed by atoms with Gasteiger partial charge in [0.25, 0.3) is 0 Å². The molecule has 32 heavy (non-hydrogen) atoms. The number of halogens is 1. The molecule has 2 heterocycles. The number of fused-ring (bicyclic) bond motifs is 3. The maximum absolute atomic E-state index is 5.21. The van der Waals surface area contributed by atoms with Crippen LogP contribution in [0.5, 0.6) is 0 Å². The highest BCUT2D eigenvalue weighted by Crippen LogP contribution is 2.40. The van der Waals surface area contributed by atoms with Crippen molar-refractivity contribution in [2.24, 2.45) is 0 Å². The van der Waals surface area contributed by atoms with Crippen LogP contribution >= 0.6 is 15.9 Å². The molecule has 0 spiro atoms. The molecular weight excluding hydrogens is 456 g/mol. The van der Waals surface area contributed by atoms with Crippen LogP contribution in [-0.4, -0.2) is 9.61 Å². The normalized spacial score (nSPS) is 11.3. The minimum absolute atomic E-state index is 0.992. The van der Waals surface area contributed by atoms with Crippen molar-refractivity contribution in [1.82, 2.24) is 9.61 Å². The number of nitrogens with zero attached hydrogens (tertiary/aromatic N) is 2. The monoisotopic (exact) mass is 474 g/mol. The quantitative estimate of drug-likeness (QED) is 0.252. The second-order valence-corrected chi connectivity index (χ2v) is 8.76. The highest BCUT2D eigenvalue weighted by Gasteiger charge is 2.21. The summed E-state index contributed by atoms with van der Waals surface area (Å²) in [6.07, 6.45) is 0. The zero-order chi connectivity index (χ0) is 21.5. The Labute approximate surface area is 194 Å². The minimum atomic E-state index is 0.992. The number of hydrogen-bond donors (Lipinski definition) is 0. The fourth-order valence-electron chi connectivity index (χ4n) is 4.39. The molecule has 0 bridgehead atoms. The molecule has 0 saturated carbocycles. The second kappa shape index (κ2) is 7.77. The maximum Gasteiger partial charge on any atom is 0.101 e. The van der Waals surface area contributed by atoms with Gasteiger partial charge in [-0.2, -0.15) is 5.10 Å². The maximum atomic E-state index is 5.21. The van der Waals surface area contributed by atoms with Crippen LogP contribution in [0.15, 0.2) is 120 Å². The third-order valence-corrected chi connectivity index (χ3v) is 6.40. The van der Waals surface area contributed by atoms with E-state index in [4.69, 9.17) is 5.10 Å². The van der Waals surface area contributed by atoms with Crippen LogP contribution in [0.25, 0.3) is 49.9 Å². The summed E-state index contributed by atoms with van der Waals surface area (Å²) >= 11 is 3.56. The Morgan fingerprint density at radius 1 is 0.594 bits per heavy atom. The lowest BCUT2D eigenvalue weighted by Gasteiger charge is -2.10. The van der Waals surface area contributed by atoms with Gasteiger partial charge in [-0.25, -0.2) is 4.52 Å². The van der Waals surface area contributed by atoms with E-state index in [-0.39, 0.29) is 0 Å². The number of aromatic nitrogens is 2. The van der Waals surface area contributed by atoms with Gasteiger partial charge in [-0.3, -0.25) is 0 Å². The third kappa shape index (κ3) is 3.14. The first kappa shape index (κ1) is 19.0. The van der Waals surface area contributed by atoms with Crippen LogP contribution in [0.2, 0.25) is 0 Å². The standard InChI is InChI=1S/C29H19BrN2/c30-24-17-15-20(16-18-24)26-19-23-13-7-8-14-25(23)29-27(21-9-3-1-4-10-21)28(31-32(26)29)22-11-5-2-6-12-22/h1-19H. The molecule has 0 amide bonds. The van der Waals surface area contributed by atoms with Crippen molar-refractivity contribution in [3.63, 3.8) is 0 Å². The summed E-state index contributed by atoms with van der Waals surface area (Å²) in [6.45, 7) is 0. The Bertz CT molecular complexity index is 1550. The summed E-state index contributed by atoms with van der Waals surface area (Å²) in [7, 11) is 0. The molecule has 0 atom stereocenters. The average Bonchev–Trinajstić information content (AvgIpc) is 3.26. The van der Waals surface area contributed by atoms with Crippen LogP contribution < -0.4 is 0 Å². The first-order chi connectivity index (χ1) is 15.8. The first-order valence-corrected chi connectivity index (χ1v) is 11.4. The second-order valence-electron chi connectivity index (χ2n) is 7.84. The van der Waals surface area contributed by atoms with E-state index in [0.717, 1.165) is 38.1 Å². The van der Waals surface area contributed by atoms with E-state index in [9.17, 15) is 0 Å². The van der Waals surface area contributed by atoms with Crippen LogP contribution in [-0.2, 0) is 0 Å². The van der Waals surface area contributed by atoms with E-state index in [2.05, 4.69) is 130 Å². The number of rotatable bonds is 3. The summed E-state index contributed by atoms with van der Waals surface area (Å²) in [5, 5.41) is 7.61. The van der Waals surface area contributed by atoms with Gasteiger partial charge in [-0.15, -0.1) is 0 Å². The lowest BCUT2D eigenvalue weighted by molar-refractivity contribution is 0.979. The SMILES string of the molecule is Brc1ccc(-c2cc3ccccc3c3c(-c4ccccc4)c(-c4ccccc4)nn23)cc1. The van der Waals surface area contributed by atoms with Crippen LogP contribution in [0.3, 0.4) is 0 Å². The van der Waals surface area contributed by atoms with Gasteiger partial charge in [0, 0.05) is 26.5 Å². The van der Waals surface area contributed by atoms with Crippen molar-refractivity contribution in [3.8, 4) is 33.6 Å². The van der Waals surface area contributed by atoms with Crippen molar-refractivity contribution in [2.75, 3.05) is 0 Å². The molecule has 2 aromatic heterocycles. The highest BCUT2D eigenvalue weighted by atomic mass is 79.9. The van der Waals surface area contributed by atoms with E-state index in [0.29, 0.717) is 0 Å². The molecular formula is C29H19BrN2. The van der Waals surface area contributed by atoms with Crippen molar-refractivity contribution in [3.05, 3.63) is 120 Å². The van der Waals surface area contributed by atoms with Crippen molar-refractivity contribution in [2.45, 2.75) is 0 Å². The zero-order valence-corrected chi connectivity index (χ0v) is 18.8. The fraction of sp³-hybridized carbons (Fsp3) is 0. The van der Waals surface area contributed by atoms with Crippen molar-refractivity contribution >= 4 is 32.2 Å². The number of pyridine rings is 1. The molecule has 3 heteroatoms. The molecule has 0 fully saturated rings. The van der Waals surface area contributed by atoms with Gasteiger partial charge in [0.15, 0.2) is 0 Å². The minimum Gasteiger partial charge on any atom is -0.231 e. The van der Waals surface area contributed by atoms with Crippen LogP contribution in [0.1, 0.15) is 0 Å². The van der Waals surface area contributed by atoms with Crippen molar-refractivity contribution < 1.29 is 0 Å². The molecule has 6 aromatic rings. The van der Waals surface area contributed by atoms with E-state index < -0.39 is 0 Å². The largest absolute Gasteiger partial charge is 0.231 e. The third-order valence-electron chi connectivity index (χ3n) is 5.87. The summed E-state index contributed by atoms with van der Waals surface area (Å²) in [5.41, 5.74) is 7.76. The predicted molar refractivity (Wildman–Crippen MR) is 137 cm³/mol. The Morgan fingerprint density at radius 2 is 1.22 bits per heavy atom. The number of hydrogen-bond acceptors (Lipinski definition) is 1. The van der Waals surface area contributed by atoms with E-state index in [1.807, 2.05) is 6.07 Å². The molecule has 152 valence electrons. The Kier molecular flexibility index (Phi) is 4.62. The average molecular weight is 475 g/mol. The van der Waals surface area contributed by atoms with Crippen LogP contribution in [0, 0.1) is 0 Å². The van der Waals surface area contributed by atoms with E-state index in [1.54, 1.807) is 0 Å². The Balaban J connectivity index is 1.80. The summed E-state index contributed by atoms with van der Waals surface area (Å²) < 4.78 is 3.18. The smallest absolute Gasteiger partial charge is 0.101 e. The van der Waals surface area contributed by atoms with Crippen LogP contribution in [0.4, 0.5) is 0 Å². The molecule has 0 radical (unpaired) electrons. The zero-order valence-electron chi connectivity index (χ0n) is 17.2. The Morgan fingerprint density at radius 3 is 1.94 bits per heavy atom.